The van der Waals surface area contributed by atoms with Gasteiger partial charge in [0.25, 0.3) is 11.8 Å². The molecule has 2 N–H and O–H groups in total. The first-order chi connectivity index (χ1) is 15.6. The number of ether oxygens (including phenoxy) is 1. The first-order valence-electron chi connectivity index (χ1n) is 10.5. The molecule has 2 aliphatic heterocycles. The van der Waals surface area contributed by atoms with Gasteiger partial charge in [-0.15, -0.1) is 0 Å². The molecular weight excluding hydrogens is 443 g/mol. The summed E-state index contributed by atoms with van der Waals surface area (Å²) in [7, 11) is 0. The van der Waals surface area contributed by atoms with E-state index in [9.17, 15) is 32.7 Å². The lowest BCUT2D eigenvalue weighted by Crippen LogP contribution is -2.64. The summed E-state index contributed by atoms with van der Waals surface area (Å²) >= 11 is 0. The molecule has 2 amide bonds. The zero-order valence-electron chi connectivity index (χ0n) is 17.5. The maximum atomic E-state index is 13.9. The minimum Gasteiger partial charge on any atom is -0.503 e. The zero-order valence-corrected chi connectivity index (χ0v) is 17.5. The molecule has 3 heterocycles. The molecule has 1 aromatic carbocycles. The van der Waals surface area contributed by atoms with Gasteiger partial charge in [0.15, 0.2) is 17.2 Å². The van der Waals surface area contributed by atoms with Gasteiger partial charge in [-0.05, 0) is 26.2 Å². The Morgan fingerprint density at radius 3 is 2.64 bits per heavy atom. The fourth-order valence-corrected chi connectivity index (χ4v) is 5.15. The Bertz CT molecular complexity index is 1240. The van der Waals surface area contributed by atoms with Crippen molar-refractivity contribution in [3.05, 3.63) is 62.8 Å². The molecule has 2 fully saturated rings. The Kier molecular flexibility index (Phi) is 4.78. The first kappa shape index (κ1) is 21.5. The number of halogens is 3. The van der Waals surface area contributed by atoms with Gasteiger partial charge in [0.1, 0.15) is 23.0 Å². The summed E-state index contributed by atoms with van der Waals surface area (Å²) in [4.78, 5) is 40.1. The number of rotatable bonds is 3. The van der Waals surface area contributed by atoms with Gasteiger partial charge >= 0.3 is 0 Å². The van der Waals surface area contributed by atoms with Crippen LogP contribution < -0.4 is 10.7 Å². The first-order valence-corrected chi connectivity index (χ1v) is 10.5. The number of aromatic nitrogens is 1. The maximum absolute atomic E-state index is 13.9. The number of hydrogen-bond donors (Lipinski definition) is 2. The molecule has 1 saturated carbocycles. The number of pyridine rings is 1. The number of amides is 2. The van der Waals surface area contributed by atoms with E-state index in [1.807, 2.05) is 0 Å². The molecule has 174 valence electrons. The van der Waals surface area contributed by atoms with Crippen LogP contribution in [-0.4, -0.2) is 44.3 Å². The Balaban J connectivity index is 1.47. The second-order valence-corrected chi connectivity index (χ2v) is 8.78. The molecule has 5 rings (SSSR count). The van der Waals surface area contributed by atoms with Crippen LogP contribution in [0.3, 0.4) is 0 Å². The number of aromatic hydroxyl groups is 1. The van der Waals surface area contributed by atoms with Gasteiger partial charge in [0.05, 0.1) is 12.6 Å². The standard InChI is InChI=1S/C22H20F3N3O5/c1-22-9-27-8-14(20(31)26-7-13-15(24)4-10(23)5-16(13)25)18(29)19(30)17(27)21(32)28(22)11-2-3-12(6-11)33-22/h4-5,8,11-12,30H,2-3,6-7,9H2,1H3,(H,26,31)/t11-,12+,22-/m1/s1. The van der Waals surface area contributed by atoms with E-state index in [2.05, 4.69) is 5.32 Å². The van der Waals surface area contributed by atoms with E-state index in [1.54, 1.807) is 11.8 Å². The average Bonchev–Trinajstić information content (AvgIpc) is 3.10. The van der Waals surface area contributed by atoms with Gasteiger partial charge < -0.3 is 24.6 Å². The number of carbonyl (C=O) groups excluding carboxylic acids is 2. The molecule has 2 bridgehead atoms. The number of nitrogens with zero attached hydrogens (tertiary/aromatic N) is 2. The lowest BCUT2D eigenvalue weighted by Gasteiger charge is -2.51. The lowest BCUT2D eigenvalue weighted by molar-refractivity contribution is -0.202. The summed E-state index contributed by atoms with van der Waals surface area (Å²) in [5, 5.41) is 12.7. The number of hydrogen-bond acceptors (Lipinski definition) is 5. The fourth-order valence-electron chi connectivity index (χ4n) is 5.15. The third-order valence-corrected chi connectivity index (χ3v) is 6.57. The lowest BCUT2D eigenvalue weighted by atomic mass is 10.00. The maximum Gasteiger partial charge on any atom is 0.277 e. The van der Waals surface area contributed by atoms with E-state index >= 15 is 0 Å². The van der Waals surface area contributed by atoms with Crippen LogP contribution in [0, 0.1) is 17.5 Å². The van der Waals surface area contributed by atoms with Crippen LogP contribution in [0.5, 0.6) is 5.75 Å². The van der Waals surface area contributed by atoms with Gasteiger partial charge in [-0.1, -0.05) is 0 Å². The van der Waals surface area contributed by atoms with Crippen molar-refractivity contribution < 1.29 is 32.6 Å². The molecule has 0 spiro atoms. The van der Waals surface area contributed by atoms with Crippen molar-refractivity contribution in [2.24, 2.45) is 0 Å². The molecule has 33 heavy (non-hydrogen) atoms. The van der Waals surface area contributed by atoms with Crippen molar-refractivity contribution in [3.8, 4) is 5.75 Å². The molecule has 0 radical (unpaired) electrons. The molecule has 1 saturated heterocycles. The molecule has 8 nitrogen and oxygen atoms in total. The van der Waals surface area contributed by atoms with E-state index in [4.69, 9.17) is 4.74 Å². The van der Waals surface area contributed by atoms with Crippen LogP contribution >= 0.6 is 0 Å². The van der Waals surface area contributed by atoms with Gasteiger partial charge in [-0.2, -0.15) is 0 Å². The molecule has 11 heteroatoms. The highest BCUT2D eigenvalue weighted by molar-refractivity contribution is 5.99. The molecule has 2 aromatic rings. The van der Waals surface area contributed by atoms with Crippen LogP contribution in [-0.2, 0) is 17.8 Å². The Morgan fingerprint density at radius 1 is 1.24 bits per heavy atom. The summed E-state index contributed by atoms with van der Waals surface area (Å²) < 4.78 is 48.2. The predicted octanol–water partition coefficient (Wildman–Crippen LogP) is 2.02. The second-order valence-electron chi connectivity index (χ2n) is 8.78. The van der Waals surface area contributed by atoms with Crippen molar-refractivity contribution >= 4 is 11.8 Å². The van der Waals surface area contributed by atoms with Crippen molar-refractivity contribution in [1.29, 1.82) is 0 Å². The number of fused-ring (bicyclic) bond motifs is 5. The van der Waals surface area contributed by atoms with Crippen LogP contribution in [0.25, 0.3) is 0 Å². The van der Waals surface area contributed by atoms with Crippen LogP contribution in [0.1, 0.15) is 52.6 Å². The highest BCUT2D eigenvalue weighted by Crippen LogP contribution is 2.44. The van der Waals surface area contributed by atoms with E-state index in [1.165, 1.54) is 4.57 Å². The molecular formula is C22H20F3N3O5. The largest absolute Gasteiger partial charge is 0.503 e. The van der Waals surface area contributed by atoms with Crippen LogP contribution in [0.4, 0.5) is 13.2 Å². The van der Waals surface area contributed by atoms with Crippen molar-refractivity contribution in [2.45, 2.75) is 57.1 Å². The predicted molar refractivity (Wildman–Crippen MR) is 107 cm³/mol. The Labute approximate surface area is 185 Å². The van der Waals surface area contributed by atoms with E-state index in [0.717, 1.165) is 19.0 Å². The van der Waals surface area contributed by atoms with E-state index < -0.39 is 63.8 Å². The highest BCUT2D eigenvalue weighted by atomic mass is 19.1. The fraction of sp³-hybridized carbons (Fsp3) is 0.409. The summed E-state index contributed by atoms with van der Waals surface area (Å²) in [5.74, 6) is -5.96. The van der Waals surface area contributed by atoms with Crippen LogP contribution in [0.15, 0.2) is 23.1 Å². The normalized spacial score (nSPS) is 25.6. The molecule has 1 aromatic heterocycles. The summed E-state index contributed by atoms with van der Waals surface area (Å²) in [6, 6.07) is 0.881. The van der Waals surface area contributed by atoms with Crippen molar-refractivity contribution in [2.75, 3.05) is 0 Å². The van der Waals surface area contributed by atoms with Gasteiger partial charge in [0.2, 0.25) is 5.43 Å². The summed E-state index contributed by atoms with van der Waals surface area (Å²) in [5.41, 5.74) is -3.43. The number of carbonyl (C=O) groups is 2. The van der Waals surface area contributed by atoms with Crippen LogP contribution in [0.2, 0.25) is 0 Å². The zero-order chi connectivity index (χ0) is 23.7. The quantitative estimate of drug-likeness (QED) is 0.726. The third-order valence-electron chi connectivity index (χ3n) is 6.57. The molecule has 3 aliphatic rings. The second kappa shape index (κ2) is 7.34. The van der Waals surface area contributed by atoms with Gasteiger partial charge in [0, 0.05) is 36.5 Å². The van der Waals surface area contributed by atoms with Gasteiger partial charge in [-0.25, -0.2) is 13.2 Å². The monoisotopic (exact) mass is 463 g/mol. The Hall–Kier alpha value is -3.34. The molecule has 0 unspecified atom stereocenters. The third kappa shape index (κ3) is 3.29. The average molecular weight is 463 g/mol. The smallest absolute Gasteiger partial charge is 0.277 e. The molecule has 3 atom stereocenters. The highest BCUT2D eigenvalue weighted by Gasteiger charge is 2.54. The van der Waals surface area contributed by atoms with Gasteiger partial charge in [-0.3, -0.25) is 14.4 Å². The van der Waals surface area contributed by atoms with Crippen molar-refractivity contribution in [1.82, 2.24) is 14.8 Å². The Morgan fingerprint density at radius 2 is 1.94 bits per heavy atom. The minimum atomic E-state index is -1.19. The van der Waals surface area contributed by atoms with Crippen molar-refractivity contribution in [3.63, 3.8) is 0 Å². The molecule has 1 aliphatic carbocycles. The topological polar surface area (TPSA) is 101 Å². The number of nitrogens with one attached hydrogen (secondary N) is 1. The van der Waals surface area contributed by atoms with E-state index in [-0.39, 0.29) is 24.4 Å². The van der Waals surface area contributed by atoms with E-state index in [0.29, 0.717) is 18.6 Å². The number of benzene rings is 1. The summed E-state index contributed by atoms with van der Waals surface area (Å²) in [6.07, 6.45) is 3.37. The SMILES string of the molecule is C[C@@]12Cn3cc(C(=O)NCc4c(F)cc(F)cc4F)c(=O)c(O)c3C(=O)N1[C@@H]1CC[C@@H](C1)O2. The minimum absolute atomic E-state index is 0.00171. The summed E-state index contributed by atoms with van der Waals surface area (Å²) in [6.45, 7) is 1.17.